The Morgan fingerprint density at radius 1 is 1.03 bits per heavy atom. The Labute approximate surface area is 207 Å². The van der Waals surface area contributed by atoms with Gasteiger partial charge in [-0.05, 0) is 43.9 Å². The molecule has 2 rings (SSSR count). The maximum absolute atomic E-state index is 13.2. The number of thioether (sulfide) groups is 1. The molecule has 35 heavy (non-hydrogen) atoms. The van der Waals surface area contributed by atoms with Crippen LogP contribution in [0.5, 0.6) is 0 Å². The number of aliphatic carboxylic acids is 1. The smallest absolute Gasteiger partial charge is 0.326 e. The minimum atomic E-state index is -1.36. The van der Waals surface area contributed by atoms with Crippen LogP contribution in [0.3, 0.4) is 0 Å². The number of carbonyl (C=O) groups is 4. The third-order valence-electron chi connectivity index (χ3n) is 5.43. The molecule has 5 unspecified atom stereocenters. The fourth-order valence-electron chi connectivity index (χ4n) is 3.45. The van der Waals surface area contributed by atoms with E-state index in [4.69, 9.17) is 5.73 Å². The zero-order valence-corrected chi connectivity index (χ0v) is 20.7. The summed E-state index contributed by atoms with van der Waals surface area (Å²) in [4.78, 5) is 53.0. The second kappa shape index (κ2) is 13.1. The molecule has 0 radical (unpaired) electrons. The summed E-state index contributed by atoms with van der Waals surface area (Å²) in [6.07, 6.45) is 2.51. The predicted molar refractivity (Wildman–Crippen MR) is 134 cm³/mol. The number of carboxylic acids is 1. The molecule has 3 amide bonds. The van der Waals surface area contributed by atoms with E-state index in [9.17, 15) is 29.4 Å². The lowest BCUT2D eigenvalue weighted by Gasteiger charge is -2.26. The summed E-state index contributed by atoms with van der Waals surface area (Å²) in [6, 6.07) is 2.82. The van der Waals surface area contributed by atoms with Crippen molar-refractivity contribution in [1.29, 1.82) is 0 Å². The molecule has 8 N–H and O–H groups in total. The van der Waals surface area contributed by atoms with Crippen LogP contribution < -0.4 is 21.7 Å². The van der Waals surface area contributed by atoms with Crippen molar-refractivity contribution >= 4 is 46.4 Å². The average Bonchev–Trinajstić information content (AvgIpc) is 3.21. The molecule has 0 aliphatic rings. The Hall–Kier alpha value is -3.09. The van der Waals surface area contributed by atoms with Gasteiger partial charge in [0.1, 0.15) is 18.1 Å². The number of amides is 3. The summed E-state index contributed by atoms with van der Waals surface area (Å²) < 4.78 is 0. The molecular weight excluding hydrogens is 474 g/mol. The first-order valence-electron chi connectivity index (χ1n) is 11.2. The fourth-order valence-corrected chi connectivity index (χ4v) is 3.92. The van der Waals surface area contributed by atoms with Gasteiger partial charge < -0.3 is 36.9 Å². The van der Waals surface area contributed by atoms with Gasteiger partial charge in [0.25, 0.3) is 0 Å². The van der Waals surface area contributed by atoms with Crippen molar-refractivity contribution in [2.45, 2.75) is 57.0 Å². The minimum Gasteiger partial charge on any atom is -0.480 e. The number of hydrogen-bond acceptors (Lipinski definition) is 7. The van der Waals surface area contributed by atoms with Crippen LogP contribution in [0.25, 0.3) is 10.9 Å². The van der Waals surface area contributed by atoms with Crippen LogP contribution in [0.4, 0.5) is 0 Å². The number of nitrogens with one attached hydrogen (secondary N) is 4. The number of rotatable bonds is 13. The van der Waals surface area contributed by atoms with Crippen molar-refractivity contribution in [3.05, 3.63) is 36.0 Å². The number of aromatic nitrogens is 1. The molecular formula is C23H33N5O6S. The Bertz CT molecular complexity index is 1040. The Morgan fingerprint density at radius 3 is 2.29 bits per heavy atom. The summed E-state index contributed by atoms with van der Waals surface area (Å²) in [5, 5.41) is 27.9. The first kappa shape index (κ1) is 28.1. The largest absolute Gasteiger partial charge is 0.480 e. The highest BCUT2D eigenvalue weighted by Gasteiger charge is 2.32. The highest BCUT2D eigenvalue weighted by Crippen LogP contribution is 2.19. The SMILES string of the molecule is CSCCC(NC(=O)C(Cc1c[nH]c2ccccc12)NC(=O)C(NC(=O)C(C)N)C(C)O)C(=O)O. The van der Waals surface area contributed by atoms with E-state index in [0.717, 1.165) is 16.5 Å². The standard InChI is InChI=1S/C23H33N5O6S/c1-12(24)20(30)28-19(13(2)29)22(32)27-18(21(31)26-17(23(33)34)8-9-35-3)10-14-11-25-16-7-5-4-6-15(14)16/h4-7,11-13,17-19,25,29H,8-10,24H2,1-3H3,(H,26,31)(H,27,32)(H,28,30)(H,33,34). The van der Waals surface area contributed by atoms with Gasteiger partial charge in [-0.1, -0.05) is 18.2 Å². The molecule has 0 saturated carbocycles. The van der Waals surface area contributed by atoms with Crippen molar-refractivity contribution in [2.24, 2.45) is 5.73 Å². The molecule has 192 valence electrons. The van der Waals surface area contributed by atoms with E-state index in [1.165, 1.54) is 25.6 Å². The second-order valence-electron chi connectivity index (χ2n) is 8.32. The van der Waals surface area contributed by atoms with Crippen LogP contribution in [0.1, 0.15) is 25.8 Å². The molecule has 0 fully saturated rings. The lowest BCUT2D eigenvalue weighted by molar-refractivity contribution is -0.142. The number of aliphatic hydroxyl groups excluding tert-OH is 1. The van der Waals surface area contributed by atoms with Crippen LogP contribution in [0.2, 0.25) is 0 Å². The number of aliphatic hydroxyl groups is 1. The van der Waals surface area contributed by atoms with Gasteiger partial charge in [0, 0.05) is 23.5 Å². The minimum absolute atomic E-state index is 0.0459. The Morgan fingerprint density at radius 2 is 1.69 bits per heavy atom. The highest BCUT2D eigenvalue weighted by atomic mass is 32.2. The topological polar surface area (TPSA) is 187 Å². The first-order valence-corrected chi connectivity index (χ1v) is 12.6. The zero-order valence-electron chi connectivity index (χ0n) is 19.9. The molecule has 0 saturated heterocycles. The lowest BCUT2D eigenvalue weighted by atomic mass is 10.0. The number of carbonyl (C=O) groups excluding carboxylic acids is 3. The molecule has 1 heterocycles. The number of benzene rings is 1. The number of aromatic amines is 1. The van der Waals surface area contributed by atoms with Crippen molar-refractivity contribution in [3.8, 4) is 0 Å². The number of fused-ring (bicyclic) bond motifs is 1. The summed E-state index contributed by atoms with van der Waals surface area (Å²) >= 11 is 1.45. The van der Waals surface area contributed by atoms with E-state index in [1.807, 2.05) is 30.5 Å². The molecule has 5 atom stereocenters. The van der Waals surface area contributed by atoms with Crippen LogP contribution in [0, 0.1) is 0 Å². The maximum Gasteiger partial charge on any atom is 0.326 e. The van der Waals surface area contributed by atoms with Gasteiger partial charge in [0.15, 0.2) is 0 Å². The van der Waals surface area contributed by atoms with E-state index in [-0.39, 0.29) is 12.8 Å². The molecule has 0 bridgehead atoms. The van der Waals surface area contributed by atoms with Gasteiger partial charge in [-0.15, -0.1) is 0 Å². The Balaban J connectivity index is 2.30. The van der Waals surface area contributed by atoms with Gasteiger partial charge in [-0.3, -0.25) is 14.4 Å². The van der Waals surface area contributed by atoms with Gasteiger partial charge in [-0.25, -0.2) is 4.79 Å². The van der Waals surface area contributed by atoms with Crippen molar-refractivity contribution in [3.63, 3.8) is 0 Å². The summed E-state index contributed by atoms with van der Waals surface area (Å²) in [5.74, 6) is -2.81. The molecule has 1 aromatic carbocycles. The number of H-pyrrole nitrogens is 1. The molecule has 11 nitrogen and oxygen atoms in total. The summed E-state index contributed by atoms with van der Waals surface area (Å²) in [5.41, 5.74) is 7.11. The molecule has 2 aromatic rings. The highest BCUT2D eigenvalue weighted by molar-refractivity contribution is 7.98. The quantitative estimate of drug-likeness (QED) is 0.193. The molecule has 0 aliphatic carbocycles. The van der Waals surface area contributed by atoms with Gasteiger partial charge >= 0.3 is 5.97 Å². The lowest BCUT2D eigenvalue weighted by Crippen LogP contribution is -2.60. The van der Waals surface area contributed by atoms with E-state index in [0.29, 0.717) is 5.75 Å². The molecule has 0 spiro atoms. The van der Waals surface area contributed by atoms with Crippen LogP contribution in [0.15, 0.2) is 30.5 Å². The van der Waals surface area contributed by atoms with Crippen molar-refractivity contribution in [1.82, 2.24) is 20.9 Å². The fraction of sp³-hybridized carbons (Fsp3) is 0.478. The second-order valence-corrected chi connectivity index (χ2v) is 9.31. The maximum atomic E-state index is 13.2. The monoisotopic (exact) mass is 507 g/mol. The van der Waals surface area contributed by atoms with Gasteiger partial charge in [-0.2, -0.15) is 11.8 Å². The number of nitrogens with two attached hydrogens (primary N) is 1. The van der Waals surface area contributed by atoms with Crippen molar-refractivity contribution in [2.75, 3.05) is 12.0 Å². The van der Waals surface area contributed by atoms with E-state index in [1.54, 1.807) is 6.20 Å². The number of carboxylic acid groups (broad SMARTS) is 1. The predicted octanol–water partition coefficient (Wildman–Crippen LogP) is -0.269. The molecule has 1 aromatic heterocycles. The number of hydrogen-bond donors (Lipinski definition) is 7. The van der Waals surface area contributed by atoms with Crippen LogP contribution in [-0.2, 0) is 25.6 Å². The van der Waals surface area contributed by atoms with Gasteiger partial charge in [0.2, 0.25) is 17.7 Å². The van der Waals surface area contributed by atoms with Gasteiger partial charge in [0.05, 0.1) is 12.1 Å². The van der Waals surface area contributed by atoms with E-state index >= 15 is 0 Å². The van der Waals surface area contributed by atoms with Crippen molar-refractivity contribution < 1.29 is 29.4 Å². The third kappa shape index (κ3) is 7.98. The summed E-state index contributed by atoms with van der Waals surface area (Å²) in [7, 11) is 0. The van der Waals surface area contributed by atoms with Crippen LogP contribution >= 0.6 is 11.8 Å². The van der Waals surface area contributed by atoms with E-state index in [2.05, 4.69) is 20.9 Å². The third-order valence-corrected chi connectivity index (χ3v) is 6.08. The zero-order chi connectivity index (χ0) is 26.1. The van der Waals surface area contributed by atoms with Crippen LogP contribution in [-0.4, -0.2) is 81.2 Å². The summed E-state index contributed by atoms with van der Waals surface area (Å²) in [6.45, 7) is 2.75. The van der Waals surface area contributed by atoms with E-state index < -0.39 is 54.0 Å². The first-order chi connectivity index (χ1) is 16.5. The normalized spacial score (nSPS) is 15.5. The molecule has 12 heteroatoms. The number of para-hydroxylation sites is 1. The average molecular weight is 508 g/mol. The Kier molecular flexibility index (Phi) is 10.6. The molecule has 0 aliphatic heterocycles.